The van der Waals surface area contributed by atoms with Gasteiger partial charge in [0.25, 0.3) is 0 Å². The van der Waals surface area contributed by atoms with Crippen LogP contribution in [0.4, 0.5) is 5.69 Å². The van der Waals surface area contributed by atoms with Crippen LogP contribution in [0.5, 0.6) is 5.75 Å². The van der Waals surface area contributed by atoms with Crippen LogP contribution in [0.15, 0.2) is 71.6 Å². The first-order valence-corrected chi connectivity index (χ1v) is 19.4. The molecule has 3 aromatic carbocycles. The number of likely N-dealkylation sites (N-methyl/N-ethyl adjacent to an activating group) is 1. The van der Waals surface area contributed by atoms with Crippen LogP contribution in [0.3, 0.4) is 0 Å². The van der Waals surface area contributed by atoms with Crippen LogP contribution in [0.1, 0.15) is 87.6 Å². The van der Waals surface area contributed by atoms with Crippen LogP contribution < -0.4 is 15.0 Å². The maximum atomic E-state index is 14.0. The minimum Gasteiger partial charge on any atom is -0.489 e. The molecule has 8 heteroatoms. The number of hydrogen-bond acceptors (Lipinski definition) is 7. The molecule has 0 aromatic heterocycles. The summed E-state index contributed by atoms with van der Waals surface area (Å²) in [4.78, 5) is 7.53. The van der Waals surface area contributed by atoms with Gasteiger partial charge >= 0.3 is 0 Å². The van der Waals surface area contributed by atoms with Crippen molar-refractivity contribution in [2.24, 2.45) is 0 Å². The summed E-state index contributed by atoms with van der Waals surface area (Å²) in [7, 11) is 0.490. The lowest BCUT2D eigenvalue weighted by molar-refractivity contribution is 0.132. The molecule has 0 amide bonds. The number of piperazine rings is 1. The van der Waals surface area contributed by atoms with Gasteiger partial charge in [-0.05, 0) is 72.0 Å². The molecule has 0 bridgehead atoms. The van der Waals surface area contributed by atoms with Gasteiger partial charge in [0, 0.05) is 58.0 Å². The summed E-state index contributed by atoms with van der Waals surface area (Å²) in [6.07, 6.45) is 5.71. The first-order valence-electron chi connectivity index (χ1n) is 17.7. The topological polar surface area (TPSA) is 65.1 Å². The number of nitrogens with zero attached hydrogens (tertiary/aromatic N) is 3. The molecule has 1 saturated heterocycles. The molecule has 2 heterocycles. The first-order chi connectivity index (χ1) is 22.6. The van der Waals surface area contributed by atoms with Crippen LogP contribution in [0.25, 0.3) is 0 Å². The van der Waals surface area contributed by atoms with E-state index in [1.807, 2.05) is 43.3 Å². The van der Waals surface area contributed by atoms with Crippen molar-refractivity contribution in [2.45, 2.75) is 88.9 Å². The average molecular weight is 661 g/mol. The van der Waals surface area contributed by atoms with Crippen molar-refractivity contribution in [1.29, 1.82) is 0 Å². The molecule has 1 N–H and O–H groups in total. The van der Waals surface area contributed by atoms with Gasteiger partial charge in [0.05, 0.1) is 16.7 Å². The van der Waals surface area contributed by atoms with Gasteiger partial charge in [-0.25, -0.2) is 8.42 Å². The van der Waals surface area contributed by atoms with Gasteiger partial charge in [-0.1, -0.05) is 82.9 Å². The van der Waals surface area contributed by atoms with Gasteiger partial charge in [0.1, 0.15) is 12.4 Å². The summed E-state index contributed by atoms with van der Waals surface area (Å²) >= 11 is 0. The summed E-state index contributed by atoms with van der Waals surface area (Å²) in [6.45, 7) is 13.8. The third-order valence-corrected chi connectivity index (χ3v) is 12.0. The Morgan fingerprint density at radius 3 is 2.04 bits per heavy atom. The molecular formula is C39H56N4O3S. The van der Waals surface area contributed by atoms with Gasteiger partial charge in [0.15, 0.2) is 9.84 Å². The molecule has 7 nitrogen and oxygen atoms in total. The fraction of sp³-hybridized carbons (Fsp3) is 0.538. The van der Waals surface area contributed by atoms with E-state index in [4.69, 9.17) is 4.74 Å². The van der Waals surface area contributed by atoms with Crippen molar-refractivity contribution in [3.8, 4) is 5.75 Å². The standard InChI is InChI=1S/C39H56N4O3S/c1-6-9-21-39(22-10-7-2)30-47(44,45)37-20-17-34(41(4)5)27-36(37)38(40-39)33-15-18-35(19-16-33)46-29-32-13-11-31(12-14-32)28-43-25-23-42(8-3)24-26-43/h11-20,27,38,40H,6-10,21-26,28-30H2,1-5H3. The number of anilines is 1. The fourth-order valence-corrected chi connectivity index (χ4v) is 9.15. The lowest BCUT2D eigenvalue weighted by atomic mass is 9.86. The van der Waals surface area contributed by atoms with Gasteiger partial charge in [-0.2, -0.15) is 0 Å². The molecule has 0 radical (unpaired) electrons. The van der Waals surface area contributed by atoms with Crippen molar-refractivity contribution in [1.82, 2.24) is 15.1 Å². The Labute approximate surface area is 284 Å². The molecule has 47 heavy (non-hydrogen) atoms. The zero-order chi connectivity index (χ0) is 33.4. The fourth-order valence-electron chi connectivity index (χ4n) is 7.08. The molecule has 1 fully saturated rings. The molecule has 5 rings (SSSR count). The van der Waals surface area contributed by atoms with E-state index in [0.717, 1.165) is 106 Å². The number of rotatable bonds is 14. The maximum Gasteiger partial charge on any atom is 0.180 e. The number of ether oxygens (including phenoxy) is 1. The Morgan fingerprint density at radius 2 is 1.45 bits per heavy atom. The molecule has 0 aliphatic carbocycles. The third kappa shape index (κ3) is 8.96. The zero-order valence-corrected chi connectivity index (χ0v) is 30.1. The molecule has 0 spiro atoms. The Kier molecular flexibility index (Phi) is 12.0. The second-order valence-corrected chi connectivity index (χ2v) is 15.8. The van der Waals surface area contributed by atoms with E-state index in [-0.39, 0.29) is 11.8 Å². The Balaban J connectivity index is 1.33. The average Bonchev–Trinajstić information content (AvgIpc) is 3.18. The van der Waals surface area contributed by atoms with Crippen LogP contribution in [0, 0.1) is 0 Å². The van der Waals surface area contributed by atoms with E-state index in [0.29, 0.717) is 11.5 Å². The molecule has 0 saturated carbocycles. The summed E-state index contributed by atoms with van der Waals surface area (Å²) in [5, 5.41) is 3.97. The van der Waals surface area contributed by atoms with E-state index in [1.165, 1.54) is 5.56 Å². The van der Waals surface area contributed by atoms with E-state index in [1.54, 1.807) is 0 Å². The second-order valence-electron chi connectivity index (χ2n) is 13.8. The monoisotopic (exact) mass is 660 g/mol. The van der Waals surface area contributed by atoms with Crippen LogP contribution >= 0.6 is 0 Å². The number of hydrogen-bond donors (Lipinski definition) is 1. The second kappa shape index (κ2) is 16.0. The lowest BCUT2D eigenvalue weighted by Gasteiger charge is -2.37. The normalized spacial score (nSPS) is 19.6. The van der Waals surface area contributed by atoms with Gasteiger partial charge in [-0.15, -0.1) is 0 Å². The van der Waals surface area contributed by atoms with Crippen molar-refractivity contribution in [3.05, 3.63) is 89.0 Å². The minimum atomic E-state index is -3.50. The van der Waals surface area contributed by atoms with Crippen molar-refractivity contribution >= 4 is 15.5 Å². The molecule has 2 aliphatic heterocycles. The number of unbranched alkanes of at least 4 members (excludes halogenated alkanes) is 2. The lowest BCUT2D eigenvalue weighted by Crippen LogP contribution is -2.50. The highest BCUT2D eigenvalue weighted by atomic mass is 32.2. The summed E-state index contributed by atoms with van der Waals surface area (Å²) < 4.78 is 34.3. The largest absolute Gasteiger partial charge is 0.489 e. The van der Waals surface area contributed by atoms with E-state index >= 15 is 0 Å². The molecular weight excluding hydrogens is 605 g/mol. The zero-order valence-electron chi connectivity index (χ0n) is 29.3. The number of sulfone groups is 1. The highest BCUT2D eigenvalue weighted by Gasteiger charge is 2.42. The highest BCUT2D eigenvalue weighted by molar-refractivity contribution is 7.91. The van der Waals surface area contributed by atoms with Gasteiger partial charge in [-0.3, -0.25) is 10.2 Å². The summed E-state index contributed by atoms with van der Waals surface area (Å²) in [5.74, 6) is 0.929. The van der Waals surface area contributed by atoms with Gasteiger partial charge in [0.2, 0.25) is 0 Å². The summed E-state index contributed by atoms with van der Waals surface area (Å²) in [6, 6.07) is 22.6. The SMILES string of the molecule is CCCCC1(CCCC)CS(=O)(=O)c2ccc(N(C)C)cc2C(c2ccc(OCc3ccc(CN4CCN(CC)CC4)cc3)cc2)N1. The first kappa shape index (κ1) is 35.4. The predicted octanol–water partition coefficient (Wildman–Crippen LogP) is 7.05. The van der Waals surface area contributed by atoms with Crippen LogP contribution in [-0.2, 0) is 23.0 Å². The predicted molar refractivity (Wildman–Crippen MR) is 194 cm³/mol. The smallest absolute Gasteiger partial charge is 0.180 e. The Bertz CT molecular complexity index is 1520. The van der Waals surface area contributed by atoms with Crippen LogP contribution in [-0.4, -0.2) is 76.3 Å². The quantitative estimate of drug-likeness (QED) is 0.199. The van der Waals surface area contributed by atoms with Crippen molar-refractivity contribution in [2.75, 3.05) is 57.5 Å². The van der Waals surface area contributed by atoms with Crippen molar-refractivity contribution in [3.63, 3.8) is 0 Å². The minimum absolute atomic E-state index is 0.125. The summed E-state index contributed by atoms with van der Waals surface area (Å²) in [5.41, 5.74) is 4.86. The molecule has 2 aliphatic rings. The molecule has 1 unspecified atom stereocenters. The van der Waals surface area contributed by atoms with Gasteiger partial charge < -0.3 is 14.5 Å². The van der Waals surface area contributed by atoms with Crippen LogP contribution in [0.2, 0.25) is 0 Å². The van der Waals surface area contributed by atoms with E-state index in [2.05, 4.69) is 78.4 Å². The highest BCUT2D eigenvalue weighted by Crippen LogP contribution is 2.40. The maximum absolute atomic E-state index is 14.0. The van der Waals surface area contributed by atoms with Crippen molar-refractivity contribution < 1.29 is 13.2 Å². The third-order valence-electron chi connectivity index (χ3n) is 10.1. The van der Waals surface area contributed by atoms with E-state index in [9.17, 15) is 8.42 Å². The number of nitrogens with one attached hydrogen (secondary N) is 1. The number of benzene rings is 3. The molecule has 3 aromatic rings. The molecule has 1 atom stereocenters. The van der Waals surface area contributed by atoms with E-state index < -0.39 is 15.4 Å². The Morgan fingerprint density at radius 1 is 0.830 bits per heavy atom. The Hall–Kier alpha value is -2.91. The number of fused-ring (bicyclic) bond motifs is 1. The molecule has 256 valence electrons.